The van der Waals surface area contributed by atoms with Gasteiger partial charge in [-0.15, -0.1) is 0 Å². The van der Waals surface area contributed by atoms with Crippen LogP contribution in [0.2, 0.25) is 0 Å². The summed E-state index contributed by atoms with van der Waals surface area (Å²) in [6, 6.07) is 21.2. The first-order valence-corrected chi connectivity index (χ1v) is 12.2. The molecule has 0 saturated heterocycles. The van der Waals surface area contributed by atoms with Crippen molar-refractivity contribution in [3.63, 3.8) is 0 Å². The van der Waals surface area contributed by atoms with Crippen LogP contribution in [-0.4, -0.2) is 33.6 Å². The van der Waals surface area contributed by atoms with Crippen molar-refractivity contribution in [1.29, 1.82) is 0 Å². The molecule has 0 unspecified atom stereocenters. The highest BCUT2D eigenvalue weighted by Crippen LogP contribution is 2.19. The molecular formula is C25H28N2O5S. The summed E-state index contributed by atoms with van der Waals surface area (Å²) in [5.74, 6) is 0.801. The molecule has 2 N–H and O–H groups in total. The van der Waals surface area contributed by atoms with E-state index in [1.807, 2.05) is 44.2 Å². The number of rotatable bonds is 11. The van der Waals surface area contributed by atoms with E-state index in [0.717, 1.165) is 5.56 Å². The molecular weight excluding hydrogens is 440 g/mol. The molecule has 3 aromatic carbocycles. The van der Waals surface area contributed by atoms with Crippen molar-refractivity contribution < 1.29 is 22.7 Å². The molecule has 3 aromatic rings. The Morgan fingerprint density at radius 3 is 1.91 bits per heavy atom. The fourth-order valence-electron chi connectivity index (χ4n) is 3.21. The number of anilines is 1. The Hall–Kier alpha value is -3.36. The van der Waals surface area contributed by atoms with Gasteiger partial charge in [-0.1, -0.05) is 30.3 Å². The lowest BCUT2D eigenvalue weighted by Gasteiger charge is -2.19. The molecule has 1 amide bonds. The molecule has 0 fully saturated rings. The van der Waals surface area contributed by atoms with Gasteiger partial charge in [0, 0.05) is 5.69 Å². The molecule has 1 atom stereocenters. The van der Waals surface area contributed by atoms with Gasteiger partial charge in [0.25, 0.3) is 0 Å². The van der Waals surface area contributed by atoms with Crippen molar-refractivity contribution in [1.82, 2.24) is 4.72 Å². The van der Waals surface area contributed by atoms with E-state index in [0.29, 0.717) is 30.4 Å². The molecule has 0 aromatic heterocycles. The molecule has 0 radical (unpaired) electrons. The quantitative estimate of drug-likeness (QED) is 0.443. The van der Waals surface area contributed by atoms with Gasteiger partial charge in [0.05, 0.1) is 18.1 Å². The normalized spacial score (nSPS) is 12.1. The minimum Gasteiger partial charge on any atom is -0.494 e. The molecule has 0 aliphatic carbocycles. The van der Waals surface area contributed by atoms with Crippen molar-refractivity contribution in [2.45, 2.75) is 31.2 Å². The summed E-state index contributed by atoms with van der Waals surface area (Å²) in [5, 5.41) is 2.79. The van der Waals surface area contributed by atoms with E-state index in [2.05, 4.69) is 10.0 Å². The standard InChI is InChI=1S/C25H28N2O5S/c1-3-31-21-12-10-20(11-13-21)26-25(28)24(18-19-8-6-5-7-9-19)27-33(29,30)23-16-14-22(15-17-23)32-4-2/h5-17,24,27H,3-4,18H2,1-2H3,(H,26,28)/t24-/m1/s1. The highest BCUT2D eigenvalue weighted by Gasteiger charge is 2.26. The zero-order valence-corrected chi connectivity index (χ0v) is 19.5. The lowest BCUT2D eigenvalue weighted by Crippen LogP contribution is -2.45. The van der Waals surface area contributed by atoms with Crippen molar-refractivity contribution in [2.75, 3.05) is 18.5 Å². The smallest absolute Gasteiger partial charge is 0.242 e. The van der Waals surface area contributed by atoms with Gasteiger partial charge >= 0.3 is 0 Å². The van der Waals surface area contributed by atoms with Crippen LogP contribution < -0.4 is 19.5 Å². The maximum absolute atomic E-state index is 13.1. The number of hydrogen-bond donors (Lipinski definition) is 2. The first-order chi connectivity index (χ1) is 15.9. The van der Waals surface area contributed by atoms with Gasteiger partial charge in [-0.05, 0) is 74.4 Å². The molecule has 0 heterocycles. The minimum absolute atomic E-state index is 0.0536. The van der Waals surface area contributed by atoms with Gasteiger partial charge in [-0.2, -0.15) is 4.72 Å². The van der Waals surface area contributed by atoms with E-state index >= 15 is 0 Å². The lowest BCUT2D eigenvalue weighted by atomic mass is 10.1. The highest BCUT2D eigenvalue weighted by molar-refractivity contribution is 7.89. The third-order valence-electron chi connectivity index (χ3n) is 4.77. The van der Waals surface area contributed by atoms with Crippen molar-refractivity contribution >= 4 is 21.6 Å². The van der Waals surface area contributed by atoms with Crippen LogP contribution in [0.4, 0.5) is 5.69 Å². The first-order valence-electron chi connectivity index (χ1n) is 10.7. The lowest BCUT2D eigenvalue weighted by molar-refractivity contribution is -0.117. The molecule has 8 heteroatoms. The van der Waals surface area contributed by atoms with Gasteiger partial charge < -0.3 is 14.8 Å². The van der Waals surface area contributed by atoms with Gasteiger partial charge in [0.2, 0.25) is 15.9 Å². The second-order valence-electron chi connectivity index (χ2n) is 7.21. The number of carbonyl (C=O) groups is 1. The monoisotopic (exact) mass is 468 g/mol. The summed E-state index contributed by atoms with van der Waals surface area (Å²) >= 11 is 0. The average molecular weight is 469 g/mol. The van der Waals surface area contributed by atoms with E-state index in [4.69, 9.17) is 9.47 Å². The van der Waals surface area contributed by atoms with Crippen molar-refractivity contribution in [3.05, 3.63) is 84.4 Å². The van der Waals surface area contributed by atoms with E-state index in [9.17, 15) is 13.2 Å². The second kappa shape index (κ2) is 11.5. The predicted molar refractivity (Wildman–Crippen MR) is 128 cm³/mol. The average Bonchev–Trinajstić information content (AvgIpc) is 2.81. The zero-order valence-electron chi connectivity index (χ0n) is 18.7. The third-order valence-corrected chi connectivity index (χ3v) is 6.26. The number of hydrogen-bond acceptors (Lipinski definition) is 5. The fraction of sp³-hybridized carbons (Fsp3) is 0.240. The number of nitrogens with one attached hydrogen (secondary N) is 2. The molecule has 7 nitrogen and oxygen atoms in total. The zero-order chi connectivity index (χ0) is 23.7. The topological polar surface area (TPSA) is 93.7 Å². The Kier molecular flexibility index (Phi) is 8.46. The molecule has 0 aliphatic rings. The van der Waals surface area contributed by atoms with Gasteiger partial charge in [-0.3, -0.25) is 4.79 Å². The van der Waals surface area contributed by atoms with E-state index < -0.39 is 22.0 Å². The number of carbonyl (C=O) groups excluding carboxylic acids is 1. The summed E-state index contributed by atoms with van der Waals surface area (Å²) in [5.41, 5.74) is 1.38. The Morgan fingerprint density at radius 2 is 1.36 bits per heavy atom. The predicted octanol–water partition coefficient (Wildman–Crippen LogP) is 4.01. The fourth-order valence-corrected chi connectivity index (χ4v) is 4.40. The maximum Gasteiger partial charge on any atom is 0.242 e. The van der Waals surface area contributed by atoms with Crippen LogP contribution in [0, 0.1) is 0 Å². The molecule has 0 aliphatic heterocycles. The molecule has 0 bridgehead atoms. The summed E-state index contributed by atoms with van der Waals surface area (Å²) in [6.45, 7) is 4.76. The van der Waals surface area contributed by atoms with Gasteiger partial charge in [-0.25, -0.2) is 8.42 Å². The summed E-state index contributed by atoms with van der Waals surface area (Å²) in [7, 11) is -3.95. The Balaban J connectivity index is 1.80. The SMILES string of the molecule is CCOc1ccc(NC(=O)[C@@H](Cc2ccccc2)NS(=O)(=O)c2ccc(OCC)cc2)cc1. The van der Waals surface area contributed by atoms with Crippen LogP contribution in [0.15, 0.2) is 83.8 Å². The third kappa shape index (κ3) is 7.06. The summed E-state index contributed by atoms with van der Waals surface area (Å²) in [4.78, 5) is 13.1. The maximum atomic E-state index is 13.1. The largest absolute Gasteiger partial charge is 0.494 e. The van der Waals surface area contributed by atoms with E-state index in [1.165, 1.54) is 12.1 Å². The molecule has 174 valence electrons. The van der Waals surface area contributed by atoms with Crippen LogP contribution in [0.5, 0.6) is 11.5 Å². The minimum atomic E-state index is -3.95. The Bertz CT molecular complexity index is 1130. The number of benzene rings is 3. The number of sulfonamides is 1. The summed E-state index contributed by atoms with van der Waals surface area (Å²) in [6.07, 6.45) is 0.194. The number of ether oxygens (including phenoxy) is 2. The molecule has 3 rings (SSSR count). The second-order valence-corrected chi connectivity index (χ2v) is 8.93. The molecule has 0 saturated carbocycles. The van der Waals surface area contributed by atoms with Crippen LogP contribution in [0.3, 0.4) is 0 Å². The Labute approximate surface area is 194 Å². The van der Waals surface area contributed by atoms with Crippen LogP contribution in [-0.2, 0) is 21.2 Å². The van der Waals surface area contributed by atoms with E-state index in [1.54, 1.807) is 36.4 Å². The highest BCUT2D eigenvalue weighted by atomic mass is 32.2. The molecule has 33 heavy (non-hydrogen) atoms. The van der Waals surface area contributed by atoms with Gasteiger partial charge in [0.15, 0.2) is 0 Å². The van der Waals surface area contributed by atoms with Gasteiger partial charge in [0.1, 0.15) is 17.5 Å². The van der Waals surface area contributed by atoms with E-state index in [-0.39, 0.29) is 11.3 Å². The number of amides is 1. The van der Waals surface area contributed by atoms with Crippen molar-refractivity contribution in [2.24, 2.45) is 0 Å². The summed E-state index contributed by atoms with van der Waals surface area (Å²) < 4.78 is 39.4. The molecule has 0 spiro atoms. The Morgan fingerprint density at radius 1 is 0.818 bits per heavy atom. The van der Waals surface area contributed by atoms with Crippen LogP contribution in [0.25, 0.3) is 0 Å². The van der Waals surface area contributed by atoms with Crippen molar-refractivity contribution in [3.8, 4) is 11.5 Å². The van der Waals surface area contributed by atoms with Crippen LogP contribution in [0.1, 0.15) is 19.4 Å². The van der Waals surface area contributed by atoms with Crippen LogP contribution >= 0.6 is 0 Å². The first kappa shape index (κ1) is 24.3.